The normalized spacial score (nSPS) is 7.50. The van der Waals surface area contributed by atoms with Crippen molar-refractivity contribution in [3.8, 4) is 0 Å². The van der Waals surface area contributed by atoms with Crippen molar-refractivity contribution in [2.45, 2.75) is 6.92 Å². The van der Waals surface area contributed by atoms with Gasteiger partial charge < -0.3 is 0 Å². The van der Waals surface area contributed by atoms with Crippen molar-refractivity contribution in [3.63, 3.8) is 0 Å². The van der Waals surface area contributed by atoms with Crippen LogP contribution in [0.4, 0.5) is 0 Å². The fourth-order valence-electron chi connectivity index (χ4n) is 0.136. The van der Waals surface area contributed by atoms with Gasteiger partial charge in [-0.15, -0.1) is 0 Å². The summed E-state index contributed by atoms with van der Waals surface area (Å²) in [5, 5.41) is 0. The first kappa shape index (κ1) is 9.50. The summed E-state index contributed by atoms with van der Waals surface area (Å²) < 4.78 is 0. The Morgan fingerprint density at radius 3 is 2.00 bits per heavy atom. The first-order valence-corrected chi connectivity index (χ1v) is 1.65. The number of hydrogen-bond donors (Lipinski definition) is 0. The molecule has 0 atom stereocenters. The molecule has 0 spiro atoms. The smallest absolute Gasteiger partial charge is 0 e. The van der Waals surface area contributed by atoms with E-state index < -0.39 is 0 Å². The molecule has 32 valence electrons. The van der Waals surface area contributed by atoms with Gasteiger partial charge in [0.05, 0.1) is 0 Å². The van der Waals surface area contributed by atoms with Gasteiger partial charge in [-0.1, -0.05) is 24.8 Å². The van der Waals surface area contributed by atoms with Crippen molar-refractivity contribution in [1.82, 2.24) is 0 Å². The second-order valence-electron chi connectivity index (χ2n) is 0.761. The van der Waals surface area contributed by atoms with E-state index in [-0.39, 0.29) is 21.7 Å². The predicted octanol–water partition coefficient (Wildman–Crippen LogP) is 1.75. The standard InChI is InChI=1S/C5H8.Ti/c1-3-5-4-2;/h3-5H,1H2,2H3;/b5-4+;. The minimum Gasteiger partial charge on any atom is -0.0991 e. The molecule has 0 N–H and O–H groups in total. The summed E-state index contributed by atoms with van der Waals surface area (Å²) in [4.78, 5) is 0. The van der Waals surface area contributed by atoms with Crippen LogP contribution in [0.25, 0.3) is 0 Å². The minimum atomic E-state index is 0. The monoisotopic (exact) mass is 116 g/mol. The fraction of sp³-hybridized carbons (Fsp3) is 0.200. The van der Waals surface area contributed by atoms with E-state index in [2.05, 4.69) is 6.58 Å². The molecule has 0 radical (unpaired) electrons. The molecule has 0 heterocycles. The molecule has 0 saturated carbocycles. The van der Waals surface area contributed by atoms with Crippen LogP contribution in [0.5, 0.6) is 0 Å². The molecule has 0 fully saturated rings. The van der Waals surface area contributed by atoms with Gasteiger partial charge in [-0.3, -0.25) is 0 Å². The molecule has 0 unspecified atom stereocenters. The van der Waals surface area contributed by atoms with Gasteiger partial charge in [-0.05, 0) is 6.92 Å². The van der Waals surface area contributed by atoms with Crippen LogP contribution in [0.15, 0.2) is 24.8 Å². The topological polar surface area (TPSA) is 0 Å². The van der Waals surface area contributed by atoms with E-state index in [1.807, 2.05) is 19.1 Å². The van der Waals surface area contributed by atoms with Crippen LogP contribution < -0.4 is 0 Å². The Balaban J connectivity index is 0. The fourth-order valence-corrected chi connectivity index (χ4v) is 0.136. The van der Waals surface area contributed by atoms with Crippen LogP contribution in [0.3, 0.4) is 0 Å². The first-order valence-electron chi connectivity index (χ1n) is 1.65. The molecule has 0 saturated heterocycles. The number of allylic oxidation sites excluding steroid dienone is 3. The molecule has 0 aromatic carbocycles. The molecule has 0 bridgehead atoms. The molecular weight excluding hydrogens is 108 g/mol. The van der Waals surface area contributed by atoms with E-state index in [4.69, 9.17) is 0 Å². The Bertz CT molecular complexity index is 45.9. The third-order valence-corrected chi connectivity index (χ3v) is 0.329. The number of hydrogen-bond acceptors (Lipinski definition) is 0. The van der Waals surface area contributed by atoms with E-state index in [0.717, 1.165) is 0 Å². The molecular formula is C5H8Ti. The zero-order valence-electron chi connectivity index (χ0n) is 3.94. The van der Waals surface area contributed by atoms with Crippen LogP contribution in [0.1, 0.15) is 6.92 Å². The van der Waals surface area contributed by atoms with Gasteiger partial charge in [-0.25, -0.2) is 0 Å². The van der Waals surface area contributed by atoms with Gasteiger partial charge in [0.1, 0.15) is 0 Å². The van der Waals surface area contributed by atoms with Crippen molar-refractivity contribution in [2.75, 3.05) is 0 Å². The molecule has 6 heavy (non-hydrogen) atoms. The zero-order chi connectivity index (χ0) is 4.12. The molecule has 1 heteroatoms. The average Bonchev–Trinajstić information content (AvgIpc) is 1.41. The van der Waals surface area contributed by atoms with E-state index in [1.165, 1.54) is 0 Å². The van der Waals surface area contributed by atoms with Crippen LogP contribution >= 0.6 is 0 Å². The van der Waals surface area contributed by atoms with E-state index in [9.17, 15) is 0 Å². The summed E-state index contributed by atoms with van der Waals surface area (Å²) in [5.74, 6) is 0. The van der Waals surface area contributed by atoms with Crippen LogP contribution in [-0.4, -0.2) is 0 Å². The van der Waals surface area contributed by atoms with Gasteiger partial charge in [0.2, 0.25) is 0 Å². The Morgan fingerprint density at radius 1 is 1.50 bits per heavy atom. The second-order valence-corrected chi connectivity index (χ2v) is 0.761. The number of rotatable bonds is 1. The van der Waals surface area contributed by atoms with Crippen molar-refractivity contribution < 1.29 is 21.7 Å². The third-order valence-electron chi connectivity index (χ3n) is 0.329. The summed E-state index contributed by atoms with van der Waals surface area (Å²) in [7, 11) is 0. The van der Waals surface area contributed by atoms with Crippen LogP contribution in [0.2, 0.25) is 0 Å². The Labute approximate surface area is 53.8 Å². The maximum Gasteiger partial charge on any atom is 0 e. The maximum absolute atomic E-state index is 3.46. The zero-order valence-corrected chi connectivity index (χ0v) is 5.50. The molecule has 0 rings (SSSR count). The molecule has 0 aliphatic heterocycles. The second kappa shape index (κ2) is 8.96. The van der Waals surface area contributed by atoms with Gasteiger partial charge >= 0.3 is 0 Å². The SMILES string of the molecule is C=C/C=C/C.[Ti]. The molecule has 0 aromatic heterocycles. The molecule has 0 aliphatic rings. The van der Waals surface area contributed by atoms with E-state index in [0.29, 0.717) is 0 Å². The Kier molecular flexibility index (Phi) is 14.2. The van der Waals surface area contributed by atoms with E-state index in [1.54, 1.807) is 6.08 Å². The summed E-state index contributed by atoms with van der Waals surface area (Å²) in [5.41, 5.74) is 0. The Morgan fingerprint density at radius 2 is 2.00 bits per heavy atom. The largest absolute Gasteiger partial charge is 0.0991 e. The summed E-state index contributed by atoms with van der Waals surface area (Å²) in [6.07, 6.45) is 5.58. The van der Waals surface area contributed by atoms with Gasteiger partial charge in [0, 0.05) is 21.7 Å². The van der Waals surface area contributed by atoms with Crippen molar-refractivity contribution in [1.29, 1.82) is 0 Å². The minimum absolute atomic E-state index is 0. The Hall–Kier alpha value is 0.194. The van der Waals surface area contributed by atoms with Crippen molar-refractivity contribution in [3.05, 3.63) is 24.8 Å². The van der Waals surface area contributed by atoms with Crippen LogP contribution in [-0.2, 0) is 21.7 Å². The van der Waals surface area contributed by atoms with Crippen molar-refractivity contribution >= 4 is 0 Å². The van der Waals surface area contributed by atoms with E-state index >= 15 is 0 Å². The van der Waals surface area contributed by atoms with Gasteiger partial charge in [-0.2, -0.15) is 0 Å². The summed E-state index contributed by atoms with van der Waals surface area (Å²) in [6.45, 7) is 5.42. The van der Waals surface area contributed by atoms with Gasteiger partial charge in [0.25, 0.3) is 0 Å². The van der Waals surface area contributed by atoms with Gasteiger partial charge in [0.15, 0.2) is 0 Å². The first-order chi connectivity index (χ1) is 2.41. The third kappa shape index (κ3) is 8.89. The average molecular weight is 116 g/mol. The van der Waals surface area contributed by atoms with Crippen molar-refractivity contribution in [2.24, 2.45) is 0 Å². The van der Waals surface area contributed by atoms with Crippen LogP contribution in [0, 0.1) is 0 Å². The predicted molar refractivity (Wildman–Crippen MR) is 25.0 cm³/mol. The molecule has 0 aromatic rings. The summed E-state index contributed by atoms with van der Waals surface area (Å²) in [6, 6.07) is 0. The quantitative estimate of drug-likeness (QED) is 0.361. The molecule has 0 amide bonds. The molecule has 0 nitrogen and oxygen atoms in total. The maximum atomic E-state index is 3.46. The summed E-state index contributed by atoms with van der Waals surface area (Å²) >= 11 is 0. The molecule has 0 aliphatic carbocycles.